The van der Waals surface area contributed by atoms with E-state index < -0.39 is 0 Å². The molecular formula is C25H36N6O3. The second-order valence-electron chi connectivity index (χ2n) is 9.41. The molecule has 0 aromatic heterocycles. The van der Waals surface area contributed by atoms with Crippen LogP contribution in [0.4, 0.5) is 0 Å². The van der Waals surface area contributed by atoms with Crippen LogP contribution >= 0.6 is 0 Å². The SMILES string of the molecule is CCCCOc1ccc(C2CC3C4NN=C(CCC(=O)NC[C@H]5CCCO5)N4C=CN3N2)cc1. The van der Waals surface area contributed by atoms with Gasteiger partial charge < -0.3 is 24.7 Å². The van der Waals surface area contributed by atoms with Crippen molar-refractivity contribution < 1.29 is 14.3 Å². The fourth-order valence-corrected chi connectivity index (χ4v) is 5.01. The van der Waals surface area contributed by atoms with Crippen LogP contribution in [-0.2, 0) is 9.53 Å². The Balaban J connectivity index is 1.11. The number of benzene rings is 1. The molecule has 4 heterocycles. The first-order valence-corrected chi connectivity index (χ1v) is 12.7. The molecule has 34 heavy (non-hydrogen) atoms. The highest BCUT2D eigenvalue weighted by Gasteiger charge is 2.44. The van der Waals surface area contributed by atoms with Gasteiger partial charge in [0.1, 0.15) is 17.8 Å². The van der Waals surface area contributed by atoms with Crippen molar-refractivity contribution in [2.75, 3.05) is 19.8 Å². The molecule has 0 saturated carbocycles. The van der Waals surface area contributed by atoms with E-state index in [-0.39, 0.29) is 30.3 Å². The molecule has 3 unspecified atom stereocenters. The minimum atomic E-state index is 0.0500. The number of unbranched alkanes of at least 4 members (excludes halogenated alkanes) is 1. The Bertz CT molecular complexity index is 898. The molecule has 0 radical (unpaired) electrons. The standard InChI is InChI=1S/C25H36N6O3/c1-2-3-14-33-19-8-6-18(7-9-19)21-16-22-25-28-27-23(30(25)12-13-31(22)29-21)10-11-24(32)26-17-20-5-4-15-34-20/h6-9,12-13,20-22,25,28-29H,2-5,10-11,14-17H2,1H3,(H,26,32)/t20-,21?,22?,25?/m1/s1. The van der Waals surface area contributed by atoms with Gasteiger partial charge in [-0.25, -0.2) is 5.43 Å². The lowest BCUT2D eigenvalue weighted by Gasteiger charge is -2.37. The van der Waals surface area contributed by atoms with Crippen LogP contribution in [0.5, 0.6) is 5.75 Å². The molecule has 2 saturated heterocycles. The molecular weight excluding hydrogens is 432 g/mol. The first-order chi connectivity index (χ1) is 16.7. The number of hydrogen-bond acceptors (Lipinski definition) is 8. The van der Waals surface area contributed by atoms with Crippen LogP contribution < -0.4 is 20.9 Å². The number of hydrazine groups is 1. The number of amides is 1. The summed E-state index contributed by atoms with van der Waals surface area (Å²) < 4.78 is 11.4. The van der Waals surface area contributed by atoms with Gasteiger partial charge in [-0.15, -0.1) is 0 Å². The molecule has 9 heteroatoms. The lowest BCUT2D eigenvalue weighted by atomic mass is 9.99. The van der Waals surface area contributed by atoms with Gasteiger partial charge in [-0.1, -0.05) is 25.5 Å². The van der Waals surface area contributed by atoms with Gasteiger partial charge in [-0.3, -0.25) is 10.2 Å². The Morgan fingerprint density at radius 1 is 1.29 bits per heavy atom. The molecule has 0 spiro atoms. The number of nitrogens with zero attached hydrogens (tertiary/aromatic N) is 3. The number of fused-ring (bicyclic) bond motifs is 3. The van der Waals surface area contributed by atoms with E-state index in [1.165, 1.54) is 5.56 Å². The third kappa shape index (κ3) is 5.15. The van der Waals surface area contributed by atoms with Gasteiger partial charge in [-0.05, 0) is 43.4 Å². The Morgan fingerprint density at radius 3 is 2.97 bits per heavy atom. The van der Waals surface area contributed by atoms with Crippen molar-refractivity contribution in [1.82, 2.24) is 26.1 Å². The molecule has 4 atom stereocenters. The van der Waals surface area contributed by atoms with Gasteiger partial charge in [0.05, 0.1) is 24.8 Å². The molecule has 2 fully saturated rings. The minimum Gasteiger partial charge on any atom is -0.494 e. The van der Waals surface area contributed by atoms with E-state index in [1.54, 1.807) is 0 Å². The topological polar surface area (TPSA) is 90.5 Å². The summed E-state index contributed by atoms with van der Waals surface area (Å²) in [6.45, 7) is 4.34. The zero-order valence-corrected chi connectivity index (χ0v) is 19.9. The highest BCUT2D eigenvalue weighted by Crippen LogP contribution is 2.34. The molecule has 1 aromatic carbocycles. The third-order valence-electron chi connectivity index (χ3n) is 6.99. The monoisotopic (exact) mass is 468 g/mol. The minimum absolute atomic E-state index is 0.0500. The van der Waals surface area contributed by atoms with Gasteiger partial charge >= 0.3 is 0 Å². The second-order valence-corrected chi connectivity index (χ2v) is 9.41. The van der Waals surface area contributed by atoms with E-state index in [0.29, 0.717) is 19.4 Å². The Labute approximate surface area is 201 Å². The molecule has 1 aromatic rings. The number of rotatable bonds is 10. The van der Waals surface area contributed by atoms with Crippen LogP contribution in [0.1, 0.15) is 63.5 Å². The predicted octanol–water partition coefficient (Wildman–Crippen LogP) is 2.59. The molecule has 5 rings (SSSR count). The van der Waals surface area contributed by atoms with E-state index in [0.717, 1.165) is 56.9 Å². The number of nitrogens with one attached hydrogen (secondary N) is 3. The van der Waals surface area contributed by atoms with Crippen molar-refractivity contribution in [1.29, 1.82) is 0 Å². The van der Waals surface area contributed by atoms with Gasteiger partial charge in [-0.2, -0.15) is 5.10 Å². The Morgan fingerprint density at radius 2 is 2.18 bits per heavy atom. The van der Waals surface area contributed by atoms with Crippen LogP contribution in [0.2, 0.25) is 0 Å². The number of carbonyl (C=O) groups is 1. The average Bonchev–Trinajstić information content (AvgIpc) is 3.61. The normalized spacial score (nSPS) is 27.3. The summed E-state index contributed by atoms with van der Waals surface area (Å²) in [5, 5.41) is 9.74. The van der Waals surface area contributed by atoms with Crippen molar-refractivity contribution in [2.24, 2.45) is 5.10 Å². The molecule has 184 valence electrons. The van der Waals surface area contributed by atoms with Crippen LogP contribution in [-0.4, -0.2) is 59.7 Å². The summed E-state index contributed by atoms with van der Waals surface area (Å²) in [4.78, 5) is 14.5. The summed E-state index contributed by atoms with van der Waals surface area (Å²) in [6, 6.07) is 8.89. The predicted molar refractivity (Wildman–Crippen MR) is 130 cm³/mol. The fourth-order valence-electron chi connectivity index (χ4n) is 5.01. The van der Waals surface area contributed by atoms with Gasteiger partial charge in [0.15, 0.2) is 0 Å². The second kappa shape index (κ2) is 10.7. The van der Waals surface area contributed by atoms with Crippen LogP contribution in [0, 0.1) is 0 Å². The van der Waals surface area contributed by atoms with Crippen molar-refractivity contribution in [3.63, 3.8) is 0 Å². The van der Waals surface area contributed by atoms with E-state index >= 15 is 0 Å². The summed E-state index contributed by atoms with van der Waals surface area (Å²) in [6.07, 6.45) is 10.7. The van der Waals surface area contributed by atoms with Crippen LogP contribution in [0.25, 0.3) is 0 Å². The summed E-state index contributed by atoms with van der Waals surface area (Å²) >= 11 is 0. The summed E-state index contributed by atoms with van der Waals surface area (Å²) in [5.74, 6) is 1.88. The van der Waals surface area contributed by atoms with Crippen molar-refractivity contribution in [3.05, 3.63) is 42.2 Å². The van der Waals surface area contributed by atoms with Crippen molar-refractivity contribution in [3.8, 4) is 5.75 Å². The number of hydrazone groups is 1. The molecule has 3 N–H and O–H groups in total. The number of hydrogen-bond donors (Lipinski definition) is 3. The Hall–Kier alpha value is -2.78. The van der Waals surface area contributed by atoms with Gasteiger partial charge in [0, 0.05) is 38.4 Å². The maximum absolute atomic E-state index is 12.3. The van der Waals surface area contributed by atoms with E-state index in [4.69, 9.17) is 9.47 Å². The molecule has 0 bridgehead atoms. The lowest BCUT2D eigenvalue weighted by Crippen LogP contribution is -2.54. The van der Waals surface area contributed by atoms with Crippen LogP contribution in [0.15, 0.2) is 41.8 Å². The maximum atomic E-state index is 12.3. The van der Waals surface area contributed by atoms with E-state index in [1.807, 2.05) is 6.20 Å². The zero-order chi connectivity index (χ0) is 23.3. The number of amidine groups is 1. The van der Waals surface area contributed by atoms with Crippen molar-refractivity contribution in [2.45, 2.75) is 76.2 Å². The Kier molecular flexibility index (Phi) is 7.20. The number of carbonyl (C=O) groups excluding carboxylic acids is 1. The maximum Gasteiger partial charge on any atom is 0.220 e. The zero-order valence-electron chi connectivity index (χ0n) is 19.9. The van der Waals surface area contributed by atoms with E-state index in [9.17, 15) is 4.79 Å². The van der Waals surface area contributed by atoms with Crippen LogP contribution in [0.3, 0.4) is 0 Å². The first-order valence-electron chi connectivity index (χ1n) is 12.7. The quantitative estimate of drug-likeness (QED) is 0.455. The highest BCUT2D eigenvalue weighted by molar-refractivity contribution is 5.89. The van der Waals surface area contributed by atoms with E-state index in [2.05, 4.69) is 68.6 Å². The molecule has 4 aliphatic rings. The summed E-state index contributed by atoms with van der Waals surface area (Å²) in [7, 11) is 0. The third-order valence-corrected chi connectivity index (χ3v) is 6.99. The molecule has 0 aliphatic carbocycles. The van der Waals surface area contributed by atoms with Crippen molar-refractivity contribution >= 4 is 11.7 Å². The molecule has 4 aliphatic heterocycles. The summed E-state index contributed by atoms with van der Waals surface area (Å²) in [5.41, 5.74) is 8.16. The largest absolute Gasteiger partial charge is 0.494 e. The smallest absolute Gasteiger partial charge is 0.220 e. The van der Waals surface area contributed by atoms with Gasteiger partial charge in [0.2, 0.25) is 5.91 Å². The first kappa shape index (κ1) is 23.0. The molecule has 9 nitrogen and oxygen atoms in total. The average molecular weight is 469 g/mol. The fraction of sp³-hybridized carbons (Fsp3) is 0.600. The number of ether oxygens (including phenoxy) is 2. The van der Waals surface area contributed by atoms with Gasteiger partial charge in [0.25, 0.3) is 0 Å². The molecule has 1 amide bonds. The lowest BCUT2D eigenvalue weighted by molar-refractivity contribution is -0.121. The highest BCUT2D eigenvalue weighted by atomic mass is 16.5.